The number of aliphatic hydroxyl groups is 1. The van der Waals surface area contributed by atoms with Crippen LogP contribution in [0.3, 0.4) is 0 Å². The molecule has 0 aromatic heterocycles. The van der Waals surface area contributed by atoms with E-state index < -0.39 is 0 Å². The van der Waals surface area contributed by atoms with Crippen LogP contribution < -0.4 is 5.32 Å². The molecule has 112 valence electrons. The molecule has 2 heteroatoms. The molecule has 0 aliphatic carbocycles. The van der Waals surface area contributed by atoms with Gasteiger partial charge in [-0.05, 0) is 48.1 Å². The van der Waals surface area contributed by atoms with E-state index in [1.54, 1.807) is 0 Å². The third-order valence-corrected chi connectivity index (χ3v) is 3.89. The van der Waals surface area contributed by atoms with Crippen LogP contribution >= 0.6 is 0 Å². The van der Waals surface area contributed by atoms with Gasteiger partial charge in [0.2, 0.25) is 0 Å². The van der Waals surface area contributed by atoms with E-state index in [1.165, 1.54) is 16.7 Å². The van der Waals surface area contributed by atoms with E-state index in [9.17, 15) is 0 Å². The van der Waals surface area contributed by atoms with Crippen LogP contribution in [0.5, 0.6) is 0 Å². The largest absolute Gasteiger partial charge is 0.396 e. The maximum Gasteiger partial charge on any atom is 0.0511 e. The van der Waals surface area contributed by atoms with Crippen molar-refractivity contribution in [1.29, 1.82) is 0 Å². The average molecular weight is 283 g/mol. The Hall–Kier alpha value is -1.80. The lowest BCUT2D eigenvalue weighted by Crippen LogP contribution is -2.09. The molecule has 0 aliphatic heterocycles. The number of benzene rings is 2. The van der Waals surface area contributed by atoms with E-state index in [4.69, 9.17) is 5.11 Å². The SMILES string of the molecule is CCc1ccc(C(CC)Nc2ccc(CCO)cc2)cc1. The summed E-state index contributed by atoms with van der Waals surface area (Å²) in [5.41, 5.74) is 5.00. The van der Waals surface area contributed by atoms with E-state index in [0.29, 0.717) is 6.04 Å². The van der Waals surface area contributed by atoms with Crippen molar-refractivity contribution in [2.75, 3.05) is 11.9 Å². The molecule has 2 N–H and O–H groups in total. The van der Waals surface area contributed by atoms with E-state index in [-0.39, 0.29) is 6.61 Å². The normalized spacial score (nSPS) is 12.1. The van der Waals surface area contributed by atoms with Crippen LogP contribution in [-0.4, -0.2) is 11.7 Å². The lowest BCUT2D eigenvalue weighted by atomic mass is 10.0. The second-order valence-corrected chi connectivity index (χ2v) is 5.37. The molecule has 1 unspecified atom stereocenters. The minimum Gasteiger partial charge on any atom is -0.396 e. The number of hydrogen-bond acceptors (Lipinski definition) is 2. The number of aryl methyl sites for hydroxylation is 1. The monoisotopic (exact) mass is 283 g/mol. The first-order chi connectivity index (χ1) is 10.3. The molecule has 2 aromatic rings. The fourth-order valence-electron chi connectivity index (χ4n) is 2.50. The standard InChI is InChI=1S/C19H25NO/c1-3-15-5-9-17(10-6-15)19(4-2)20-18-11-7-16(8-12-18)13-14-21/h5-12,19-21H,3-4,13-14H2,1-2H3. The Kier molecular flexibility index (Phi) is 5.82. The number of nitrogens with one attached hydrogen (secondary N) is 1. The van der Waals surface area contributed by atoms with Crippen LogP contribution in [0.1, 0.15) is 43.0 Å². The lowest BCUT2D eigenvalue weighted by Gasteiger charge is -2.19. The average Bonchev–Trinajstić information content (AvgIpc) is 2.54. The van der Waals surface area contributed by atoms with Gasteiger partial charge in [0.05, 0.1) is 6.04 Å². The fraction of sp³-hybridized carbons (Fsp3) is 0.368. The van der Waals surface area contributed by atoms with Gasteiger partial charge in [-0.3, -0.25) is 0 Å². The van der Waals surface area contributed by atoms with Crippen molar-refractivity contribution in [3.8, 4) is 0 Å². The highest BCUT2D eigenvalue weighted by Crippen LogP contribution is 2.23. The van der Waals surface area contributed by atoms with Gasteiger partial charge in [0.25, 0.3) is 0 Å². The molecule has 0 saturated carbocycles. The fourth-order valence-corrected chi connectivity index (χ4v) is 2.50. The summed E-state index contributed by atoms with van der Waals surface area (Å²) < 4.78 is 0. The molecule has 2 rings (SSSR count). The van der Waals surface area contributed by atoms with Gasteiger partial charge in [-0.25, -0.2) is 0 Å². The number of hydrogen-bond donors (Lipinski definition) is 2. The van der Waals surface area contributed by atoms with Gasteiger partial charge in [-0.15, -0.1) is 0 Å². The second-order valence-electron chi connectivity index (χ2n) is 5.37. The van der Waals surface area contributed by atoms with E-state index in [0.717, 1.165) is 24.9 Å². The summed E-state index contributed by atoms with van der Waals surface area (Å²) in [6.07, 6.45) is 2.84. The van der Waals surface area contributed by atoms with Gasteiger partial charge in [-0.2, -0.15) is 0 Å². The van der Waals surface area contributed by atoms with Crippen molar-refractivity contribution in [2.24, 2.45) is 0 Å². The van der Waals surface area contributed by atoms with Crippen molar-refractivity contribution >= 4 is 5.69 Å². The molecule has 21 heavy (non-hydrogen) atoms. The first kappa shape index (κ1) is 15.6. The zero-order chi connectivity index (χ0) is 15.1. The topological polar surface area (TPSA) is 32.3 Å². The molecule has 2 aromatic carbocycles. The van der Waals surface area contributed by atoms with Gasteiger partial charge in [-0.1, -0.05) is 50.2 Å². The third-order valence-electron chi connectivity index (χ3n) is 3.89. The molecular formula is C19H25NO. The minimum absolute atomic E-state index is 0.203. The Bertz CT molecular complexity index is 530. The van der Waals surface area contributed by atoms with Crippen LogP contribution in [0.2, 0.25) is 0 Å². The Morgan fingerprint density at radius 2 is 1.52 bits per heavy atom. The number of anilines is 1. The summed E-state index contributed by atoms with van der Waals surface area (Å²) in [6.45, 7) is 4.58. The van der Waals surface area contributed by atoms with Gasteiger partial charge in [0.15, 0.2) is 0 Å². The van der Waals surface area contributed by atoms with Crippen molar-refractivity contribution < 1.29 is 5.11 Å². The van der Waals surface area contributed by atoms with Gasteiger partial charge < -0.3 is 10.4 Å². The Morgan fingerprint density at radius 3 is 2.05 bits per heavy atom. The van der Waals surface area contributed by atoms with Gasteiger partial charge >= 0.3 is 0 Å². The number of rotatable bonds is 7. The first-order valence-corrected chi connectivity index (χ1v) is 7.82. The van der Waals surface area contributed by atoms with Crippen molar-refractivity contribution in [3.05, 3.63) is 65.2 Å². The summed E-state index contributed by atoms with van der Waals surface area (Å²) in [5.74, 6) is 0. The number of aliphatic hydroxyl groups excluding tert-OH is 1. The predicted octanol–water partition coefficient (Wildman–Crippen LogP) is 4.35. The first-order valence-electron chi connectivity index (χ1n) is 7.82. The molecule has 0 bridgehead atoms. The molecule has 0 aliphatic rings. The molecule has 0 amide bonds. The summed E-state index contributed by atoms with van der Waals surface area (Å²) in [7, 11) is 0. The molecular weight excluding hydrogens is 258 g/mol. The van der Waals surface area contributed by atoms with Gasteiger partial charge in [0, 0.05) is 12.3 Å². The minimum atomic E-state index is 0.203. The third kappa shape index (κ3) is 4.33. The van der Waals surface area contributed by atoms with E-state index >= 15 is 0 Å². The molecule has 0 saturated heterocycles. The van der Waals surface area contributed by atoms with Crippen LogP contribution in [0.25, 0.3) is 0 Å². The summed E-state index contributed by atoms with van der Waals surface area (Å²) in [5, 5.41) is 12.5. The van der Waals surface area contributed by atoms with E-state index in [1.807, 2.05) is 0 Å². The quantitative estimate of drug-likeness (QED) is 0.792. The van der Waals surface area contributed by atoms with Crippen LogP contribution in [0.15, 0.2) is 48.5 Å². The predicted molar refractivity (Wildman–Crippen MR) is 89.7 cm³/mol. The van der Waals surface area contributed by atoms with Crippen molar-refractivity contribution in [3.63, 3.8) is 0 Å². The summed E-state index contributed by atoms with van der Waals surface area (Å²) in [4.78, 5) is 0. The van der Waals surface area contributed by atoms with E-state index in [2.05, 4.69) is 67.7 Å². The molecule has 0 heterocycles. The smallest absolute Gasteiger partial charge is 0.0511 e. The maximum absolute atomic E-state index is 8.95. The van der Waals surface area contributed by atoms with Crippen LogP contribution in [0.4, 0.5) is 5.69 Å². The van der Waals surface area contributed by atoms with Crippen LogP contribution in [0, 0.1) is 0 Å². The highest BCUT2D eigenvalue weighted by atomic mass is 16.2. The Balaban J connectivity index is 2.06. The molecule has 1 atom stereocenters. The Labute approximate surface area is 127 Å². The molecule has 0 spiro atoms. The second kappa shape index (κ2) is 7.84. The summed E-state index contributed by atoms with van der Waals surface area (Å²) >= 11 is 0. The summed E-state index contributed by atoms with van der Waals surface area (Å²) in [6, 6.07) is 17.5. The molecule has 0 radical (unpaired) electrons. The zero-order valence-electron chi connectivity index (χ0n) is 13.0. The lowest BCUT2D eigenvalue weighted by molar-refractivity contribution is 0.299. The van der Waals surface area contributed by atoms with Crippen molar-refractivity contribution in [1.82, 2.24) is 0 Å². The molecule has 2 nitrogen and oxygen atoms in total. The highest BCUT2D eigenvalue weighted by Gasteiger charge is 2.09. The molecule has 0 fully saturated rings. The maximum atomic E-state index is 8.95. The van der Waals surface area contributed by atoms with Crippen LogP contribution in [-0.2, 0) is 12.8 Å². The van der Waals surface area contributed by atoms with Gasteiger partial charge in [0.1, 0.15) is 0 Å². The highest BCUT2D eigenvalue weighted by molar-refractivity contribution is 5.47. The Morgan fingerprint density at radius 1 is 0.905 bits per heavy atom. The zero-order valence-corrected chi connectivity index (χ0v) is 13.0. The van der Waals surface area contributed by atoms with Crippen molar-refractivity contribution in [2.45, 2.75) is 39.2 Å².